The lowest BCUT2D eigenvalue weighted by atomic mass is 10.1. The van der Waals surface area contributed by atoms with E-state index in [9.17, 15) is 4.79 Å². The summed E-state index contributed by atoms with van der Waals surface area (Å²) in [5.74, 6) is 0.972. The maximum absolute atomic E-state index is 13.0. The lowest BCUT2D eigenvalue weighted by Gasteiger charge is -2.09. The quantitative estimate of drug-likeness (QED) is 0.261. The van der Waals surface area contributed by atoms with Crippen LogP contribution in [0.4, 0.5) is 0 Å². The van der Waals surface area contributed by atoms with Gasteiger partial charge in [0.25, 0.3) is 5.78 Å². The number of carbonyl (C=O) groups excluding carboxylic acids is 1. The van der Waals surface area contributed by atoms with Crippen LogP contribution in [-0.4, -0.2) is 24.9 Å². The zero-order valence-electron chi connectivity index (χ0n) is 17.9. The normalized spacial score (nSPS) is 11.2. The van der Waals surface area contributed by atoms with Gasteiger partial charge in [-0.1, -0.05) is 78.1 Å². The molecule has 0 bridgehead atoms. The van der Waals surface area contributed by atoms with Gasteiger partial charge in [-0.2, -0.15) is 0 Å². The third kappa shape index (κ3) is 7.25. The molecule has 0 radical (unpaired) electrons. The van der Waals surface area contributed by atoms with E-state index in [0.717, 1.165) is 25.9 Å². The van der Waals surface area contributed by atoms with Crippen LogP contribution in [0.15, 0.2) is 24.8 Å². The number of hydrogen-bond acceptors (Lipinski definition) is 3. The molecule has 0 aliphatic carbocycles. The van der Waals surface area contributed by atoms with Crippen molar-refractivity contribution < 1.29 is 4.79 Å². The smallest absolute Gasteiger partial charge is 0.263 e. The van der Waals surface area contributed by atoms with Crippen molar-refractivity contribution in [3.05, 3.63) is 36.4 Å². The van der Waals surface area contributed by atoms with Gasteiger partial charge in [-0.25, -0.2) is 9.97 Å². The minimum absolute atomic E-state index is 0.0630. The molecule has 0 amide bonds. The average molecular weight is 387 g/mol. The van der Waals surface area contributed by atoms with Gasteiger partial charge in [0, 0.05) is 37.9 Å². The lowest BCUT2D eigenvalue weighted by molar-refractivity contribution is 0.101. The second-order valence-corrected chi connectivity index (χ2v) is 7.75. The average Bonchev–Trinajstić information content (AvgIpc) is 3.36. The first-order valence-electron chi connectivity index (χ1n) is 11.3. The van der Waals surface area contributed by atoms with E-state index < -0.39 is 0 Å². The van der Waals surface area contributed by atoms with Gasteiger partial charge >= 0.3 is 0 Å². The van der Waals surface area contributed by atoms with Gasteiger partial charge in [0.2, 0.25) is 0 Å². The van der Waals surface area contributed by atoms with Gasteiger partial charge in [-0.15, -0.1) is 0 Å². The first-order chi connectivity index (χ1) is 13.8. The van der Waals surface area contributed by atoms with Crippen molar-refractivity contribution in [1.29, 1.82) is 0 Å². The summed E-state index contributed by atoms with van der Waals surface area (Å²) in [6, 6.07) is 0. The number of hydrogen-bond donors (Lipinski definition) is 0. The van der Waals surface area contributed by atoms with Crippen LogP contribution in [0.3, 0.4) is 0 Å². The summed E-state index contributed by atoms with van der Waals surface area (Å²) in [6.07, 6.45) is 22.2. The molecule has 5 heteroatoms. The van der Waals surface area contributed by atoms with Crippen molar-refractivity contribution >= 4 is 5.78 Å². The Morgan fingerprint density at radius 1 is 0.679 bits per heavy atom. The monoisotopic (exact) mass is 386 g/mol. The first kappa shape index (κ1) is 22.4. The van der Waals surface area contributed by atoms with Crippen molar-refractivity contribution in [1.82, 2.24) is 19.1 Å². The Morgan fingerprint density at radius 2 is 1.07 bits per heavy atom. The number of unbranched alkanes of at least 4 members (excludes halogenated alkanes) is 10. The van der Waals surface area contributed by atoms with Crippen LogP contribution in [0, 0.1) is 0 Å². The van der Waals surface area contributed by atoms with E-state index in [0.29, 0.717) is 11.6 Å². The Kier molecular flexibility index (Phi) is 10.6. The highest BCUT2D eigenvalue weighted by molar-refractivity contribution is 6.04. The Balaban J connectivity index is 1.84. The standard InChI is InChI=1S/C23H38N4O/c1-3-5-7-9-11-13-17-26-19-15-24-22(26)21(28)23-25-16-20-27(23)18-14-12-10-8-6-4-2/h15-16,19-20H,3-14,17-18H2,1-2H3. The van der Waals surface area contributed by atoms with Gasteiger partial charge in [-0.3, -0.25) is 4.79 Å². The molecule has 0 N–H and O–H groups in total. The lowest BCUT2D eigenvalue weighted by Crippen LogP contribution is -2.17. The molecule has 0 spiro atoms. The van der Waals surface area contributed by atoms with Crippen molar-refractivity contribution in [2.24, 2.45) is 0 Å². The van der Waals surface area contributed by atoms with Gasteiger partial charge < -0.3 is 9.13 Å². The maximum atomic E-state index is 13.0. The Morgan fingerprint density at radius 3 is 1.50 bits per heavy atom. The summed E-state index contributed by atoms with van der Waals surface area (Å²) in [7, 11) is 0. The third-order valence-corrected chi connectivity index (χ3v) is 5.34. The number of ketones is 1. The summed E-state index contributed by atoms with van der Waals surface area (Å²) in [4.78, 5) is 21.7. The summed E-state index contributed by atoms with van der Waals surface area (Å²) < 4.78 is 3.98. The van der Waals surface area contributed by atoms with E-state index >= 15 is 0 Å². The van der Waals surface area contributed by atoms with Crippen LogP contribution in [-0.2, 0) is 13.1 Å². The molecule has 28 heavy (non-hydrogen) atoms. The fraction of sp³-hybridized carbons (Fsp3) is 0.696. The predicted molar refractivity (Wildman–Crippen MR) is 115 cm³/mol. The summed E-state index contributed by atoms with van der Waals surface area (Å²) in [6.45, 7) is 6.18. The van der Waals surface area contributed by atoms with Crippen molar-refractivity contribution in [3.63, 3.8) is 0 Å². The van der Waals surface area contributed by atoms with Crippen molar-refractivity contribution in [2.75, 3.05) is 0 Å². The highest BCUT2D eigenvalue weighted by Crippen LogP contribution is 2.12. The Hall–Kier alpha value is -1.91. The van der Waals surface area contributed by atoms with Crippen LogP contribution in [0.1, 0.15) is 107 Å². The number of aryl methyl sites for hydroxylation is 2. The molecule has 0 aliphatic rings. The summed E-state index contributed by atoms with van der Waals surface area (Å²) in [5.41, 5.74) is 0. The van der Waals surface area contributed by atoms with Gasteiger partial charge in [0.15, 0.2) is 11.6 Å². The van der Waals surface area contributed by atoms with Crippen LogP contribution in [0.2, 0.25) is 0 Å². The second kappa shape index (κ2) is 13.3. The zero-order chi connectivity index (χ0) is 20.0. The fourth-order valence-corrected chi connectivity index (χ4v) is 3.62. The molecule has 2 rings (SSSR count). The molecule has 0 aliphatic heterocycles. The number of nitrogens with zero attached hydrogens (tertiary/aromatic N) is 4. The topological polar surface area (TPSA) is 52.7 Å². The van der Waals surface area contributed by atoms with E-state index in [-0.39, 0.29) is 5.78 Å². The first-order valence-corrected chi connectivity index (χ1v) is 11.3. The molecule has 5 nitrogen and oxygen atoms in total. The maximum Gasteiger partial charge on any atom is 0.263 e. The summed E-state index contributed by atoms with van der Waals surface area (Å²) in [5, 5.41) is 0. The number of imidazole rings is 2. The van der Waals surface area contributed by atoms with Crippen LogP contribution in [0.5, 0.6) is 0 Å². The second-order valence-electron chi connectivity index (χ2n) is 7.75. The molecule has 0 saturated heterocycles. The van der Waals surface area contributed by atoms with Crippen LogP contribution >= 0.6 is 0 Å². The van der Waals surface area contributed by atoms with Gasteiger partial charge in [0.1, 0.15) is 0 Å². The van der Waals surface area contributed by atoms with E-state index in [2.05, 4.69) is 23.8 Å². The molecule has 0 saturated carbocycles. The predicted octanol–water partition coefficient (Wildman–Crippen LogP) is 6.03. The summed E-state index contributed by atoms with van der Waals surface area (Å²) >= 11 is 0. The third-order valence-electron chi connectivity index (χ3n) is 5.34. The van der Waals surface area contributed by atoms with E-state index in [1.54, 1.807) is 12.4 Å². The number of rotatable bonds is 16. The van der Waals surface area contributed by atoms with E-state index in [1.165, 1.54) is 64.2 Å². The minimum Gasteiger partial charge on any atom is -0.328 e. The molecular formula is C23H38N4O. The minimum atomic E-state index is -0.0630. The van der Waals surface area contributed by atoms with E-state index in [1.807, 2.05) is 21.5 Å². The van der Waals surface area contributed by atoms with Crippen LogP contribution in [0.25, 0.3) is 0 Å². The Labute approximate surface area is 170 Å². The van der Waals surface area contributed by atoms with Crippen LogP contribution < -0.4 is 0 Å². The number of aromatic nitrogens is 4. The SMILES string of the molecule is CCCCCCCCn1ccnc1C(=O)c1nccn1CCCCCCCC. The molecule has 0 fully saturated rings. The fourth-order valence-electron chi connectivity index (χ4n) is 3.62. The van der Waals surface area contributed by atoms with Gasteiger partial charge in [0.05, 0.1) is 0 Å². The molecule has 0 atom stereocenters. The molecule has 2 aromatic rings. The Bertz CT molecular complexity index is 617. The van der Waals surface area contributed by atoms with Gasteiger partial charge in [-0.05, 0) is 12.8 Å². The largest absolute Gasteiger partial charge is 0.328 e. The molecule has 156 valence electrons. The number of carbonyl (C=O) groups is 1. The highest BCUT2D eigenvalue weighted by atomic mass is 16.1. The molecule has 2 heterocycles. The zero-order valence-corrected chi connectivity index (χ0v) is 17.9. The molecule has 0 aromatic carbocycles. The molecular weight excluding hydrogens is 348 g/mol. The van der Waals surface area contributed by atoms with Crippen molar-refractivity contribution in [3.8, 4) is 0 Å². The molecule has 0 unspecified atom stereocenters. The van der Waals surface area contributed by atoms with Crippen molar-refractivity contribution in [2.45, 2.75) is 104 Å². The molecule has 2 aromatic heterocycles. The highest BCUT2D eigenvalue weighted by Gasteiger charge is 2.19. The van der Waals surface area contributed by atoms with E-state index in [4.69, 9.17) is 0 Å².